The Morgan fingerprint density at radius 1 is 1.50 bits per heavy atom. The van der Waals surface area contributed by atoms with Crippen molar-refractivity contribution in [3.8, 4) is 0 Å². The maximum Gasteiger partial charge on any atom is 0.0356 e. The van der Waals surface area contributed by atoms with Gasteiger partial charge in [-0.3, -0.25) is 4.90 Å². The van der Waals surface area contributed by atoms with Crippen LogP contribution < -0.4 is 0 Å². The first kappa shape index (κ1) is 10.2. The van der Waals surface area contributed by atoms with Crippen LogP contribution in [-0.2, 0) is 0 Å². The van der Waals surface area contributed by atoms with E-state index in [2.05, 4.69) is 37.1 Å². The van der Waals surface area contributed by atoms with E-state index in [0.29, 0.717) is 6.04 Å². The summed E-state index contributed by atoms with van der Waals surface area (Å²) in [6.45, 7) is 9.34. The molecule has 1 aromatic rings. The molecule has 14 heavy (non-hydrogen) atoms. The minimum atomic E-state index is 0.678. The van der Waals surface area contributed by atoms with E-state index in [1.165, 1.54) is 19.5 Å². The lowest BCUT2D eigenvalue weighted by Gasteiger charge is -2.37. The van der Waals surface area contributed by atoms with Crippen molar-refractivity contribution in [2.75, 3.05) is 13.1 Å². The number of likely N-dealkylation sites (N-methyl/N-ethyl adjacent to an activating group) is 1. The third-order valence-corrected chi connectivity index (χ3v) is 4.44. The summed E-state index contributed by atoms with van der Waals surface area (Å²) in [7, 11) is 0. The fourth-order valence-corrected chi connectivity index (χ4v) is 3.60. The molecule has 0 aromatic carbocycles. The van der Waals surface area contributed by atoms with Crippen LogP contribution in [0.2, 0.25) is 0 Å². The van der Waals surface area contributed by atoms with Crippen molar-refractivity contribution >= 4 is 11.3 Å². The Hall–Kier alpha value is -0.340. The van der Waals surface area contributed by atoms with E-state index in [9.17, 15) is 0 Å². The molecule has 1 aliphatic rings. The van der Waals surface area contributed by atoms with Gasteiger partial charge in [0.05, 0.1) is 0 Å². The van der Waals surface area contributed by atoms with Crippen LogP contribution >= 0.6 is 11.3 Å². The normalized spacial score (nSPS) is 27.6. The average Bonchev–Trinajstić information content (AvgIpc) is 2.66. The maximum absolute atomic E-state index is 2.61. The molecule has 0 fully saturated rings. The van der Waals surface area contributed by atoms with Crippen molar-refractivity contribution in [3.63, 3.8) is 0 Å². The Bertz CT molecular complexity index is 305. The van der Waals surface area contributed by atoms with E-state index in [1.807, 2.05) is 11.3 Å². The zero-order valence-electron chi connectivity index (χ0n) is 9.29. The fourth-order valence-electron chi connectivity index (χ4n) is 2.59. The van der Waals surface area contributed by atoms with Crippen LogP contribution in [0.4, 0.5) is 0 Å². The molecule has 0 radical (unpaired) electrons. The number of fused-ring (bicyclic) bond motifs is 1. The van der Waals surface area contributed by atoms with Crippen molar-refractivity contribution in [2.45, 2.75) is 39.2 Å². The predicted octanol–water partition coefficient (Wildman–Crippen LogP) is 3.64. The lowest BCUT2D eigenvalue weighted by atomic mass is 9.92. The molecule has 1 aliphatic heterocycles. The van der Waals surface area contributed by atoms with E-state index in [1.54, 1.807) is 10.4 Å². The second-order valence-electron chi connectivity index (χ2n) is 4.15. The largest absolute Gasteiger partial charge is 0.296 e. The molecule has 2 heterocycles. The van der Waals surface area contributed by atoms with Gasteiger partial charge in [-0.2, -0.15) is 0 Å². The number of thiophene rings is 1. The summed E-state index contributed by atoms with van der Waals surface area (Å²) >= 11 is 1.94. The summed E-state index contributed by atoms with van der Waals surface area (Å²) in [6, 6.07) is 3.00. The molecule has 0 saturated carbocycles. The predicted molar refractivity (Wildman–Crippen MR) is 63.0 cm³/mol. The van der Waals surface area contributed by atoms with Crippen molar-refractivity contribution in [2.24, 2.45) is 0 Å². The summed E-state index contributed by atoms with van der Waals surface area (Å²) in [6.07, 6.45) is 1.24. The van der Waals surface area contributed by atoms with Gasteiger partial charge in [-0.25, -0.2) is 0 Å². The number of hydrogen-bond donors (Lipinski definition) is 0. The molecule has 0 amide bonds. The molecule has 2 atom stereocenters. The number of nitrogens with zero attached hydrogens (tertiary/aromatic N) is 1. The monoisotopic (exact) mass is 209 g/mol. The molecule has 0 saturated heterocycles. The van der Waals surface area contributed by atoms with Gasteiger partial charge >= 0.3 is 0 Å². The van der Waals surface area contributed by atoms with Gasteiger partial charge in [0, 0.05) is 23.4 Å². The summed E-state index contributed by atoms with van der Waals surface area (Å²) in [5.74, 6) is 0.729. The highest BCUT2D eigenvalue weighted by molar-refractivity contribution is 7.10. The molecule has 1 unspecified atom stereocenters. The van der Waals surface area contributed by atoms with Crippen LogP contribution in [0.1, 0.15) is 49.6 Å². The van der Waals surface area contributed by atoms with Gasteiger partial charge in [-0.05, 0) is 30.0 Å². The summed E-state index contributed by atoms with van der Waals surface area (Å²) in [5.41, 5.74) is 1.60. The molecule has 1 aromatic heterocycles. The summed E-state index contributed by atoms with van der Waals surface area (Å²) in [4.78, 5) is 4.24. The van der Waals surface area contributed by atoms with E-state index >= 15 is 0 Å². The minimum Gasteiger partial charge on any atom is -0.296 e. The number of hydrogen-bond acceptors (Lipinski definition) is 2. The van der Waals surface area contributed by atoms with Crippen molar-refractivity contribution < 1.29 is 0 Å². The average molecular weight is 209 g/mol. The highest BCUT2D eigenvalue weighted by Gasteiger charge is 2.29. The molecule has 78 valence electrons. The first-order valence-electron chi connectivity index (χ1n) is 5.59. The van der Waals surface area contributed by atoms with Gasteiger partial charge in [0.15, 0.2) is 0 Å². The van der Waals surface area contributed by atoms with Gasteiger partial charge in [0.2, 0.25) is 0 Å². The van der Waals surface area contributed by atoms with Gasteiger partial charge in [0.1, 0.15) is 0 Å². The zero-order valence-corrected chi connectivity index (χ0v) is 10.1. The van der Waals surface area contributed by atoms with E-state index in [0.717, 1.165) is 5.92 Å². The first-order chi connectivity index (χ1) is 6.77. The van der Waals surface area contributed by atoms with Crippen LogP contribution in [0.3, 0.4) is 0 Å². The molecule has 0 bridgehead atoms. The SMILES string of the molecule is CCC1c2ccsc2[C@@H](C)CN1CC. The summed E-state index contributed by atoms with van der Waals surface area (Å²) < 4.78 is 0. The third-order valence-electron chi connectivity index (χ3n) is 3.28. The molecule has 0 aliphatic carbocycles. The van der Waals surface area contributed by atoms with Crippen LogP contribution in [0, 0.1) is 0 Å². The van der Waals surface area contributed by atoms with Crippen molar-refractivity contribution in [1.29, 1.82) is 0 Å². The van der Waals surface area contributed by atoms with E-state index in [4.69, 9.17) is 0 Å². The van der Waals surface area contributed by atoms with E-state index in [-0.39, 0.29) is 0 Å². The molecule has 0 spiro atoms. The minimum absolute atomic E-state index is 0.678. The van der Waals surface area contributed by atoms with Crippen molar-refractivity contribution in [3.05, 3.63) is 21.9 Å². The Morgan fingerprint density at radius 2 is 2.29 bits per heavy atom. The van der Waals surface area contributed by atoms with E-state index < -0.39 is 0 Å². The lowest BCUT2D eigenvalue weighted by Crippen LogP contribution is -2.35. The second kappa shape index (κ2) is 4.03. The Kier molecular flexibility index (Phi) is 2.93. The Balaban J connectivity index is 2.35. The molecule has 2 heteroatoms. The number of rotatable bonds is 2. The highest BCUT2D eigenvalue weighted by Crippen LogP contribution is 2.40. The topological polar surface area (TPSA) is 3.24 Å². The molecular formula is C12H19NS. The Morgan fingerprint density at radius 3 is 2.93 bits per heavy atom. The standard InChI is InChI=1S/C12H19NS/c1-4-11-10-6-7-14-12(10)9(3)8-13(11)5-2/h6-7,9,11H,4-5,8H2,1-3H3/t9-,11?/m0/s1. The zero-order chi connectivity index (χ0) is 10.1. The van der Waals surface area contributed by atoms with Gasteiger partial charge < -0.3 is 0 Å². The fraction of sp³-hybridized carbons (Fsp3) is 0.667. The second-order valence-corrected chi connectivity index (χ2v) is 5.10. The van der Waals surface area contributed by atoms with Crippen LogP contribution in [0.25, 0.3) is 0 Å². The maximum atomic E-state index is 2.61. The van der Waals surface area contributed by atoms with Crippen molar-refractivity contribution in [1.82, 2.24) is 4.90 Å². The highest BCUT2D eigenvalue weighted by atomic mass is 32.1. The van der Waals surface area contributed by atoms with Crippen LogP contribution in [0.15, 0.2) is 11.4 Å². The molecular weight excluding hydrogens is 190 g/mol. The molecule has 2 rings (SSSR count). The quantitative estimate of drug-likeness (QED) is 0.719. The first-order valence-corrected chi connectivity index (χ1v) is 6.47. The van der Waals surface area contributed by atoms with Gasteiger partial charge in [-0.15, -0.1) is 11.3 Å². The smallest absolute Gasteiger partial charge is 0.0356 e. The Labute approximate surface area is 90.7 Å². The molecule has 1 nitrogen and oxygen atoms in total. The molecule has 0 N–H and O–H groups in total. The third kappa shape index (κ3) is 1.51. The van der Waals surface area contributed by atoms with Gasteiger partial charge in [-0.1, -0.05) is 20.8 Å². The lowest BCUT2D eigenvalue weighted by molar-refractivity contribution is 0.177. The summed E-state index contributed by atoms with van der Waals surface area (Å²) in [5, 5.41) is 2.25. The van der Waals surface area contributed by atoms with Crippen LogP contribution in [0.5, 0.6) is 0 Å². The van der Waals surface area contributed by atoms with Gasteiger partial charge in [0.25, 0.3) is 0 Å². The van der Waals surface area contributed by atoms with Crippen LogP contribution in [-0.4, -0.2) is 18.0 Å².